The lowest BCUT2D eigenvalue weighted by Gasteiger charge is -2.16. The van der Waals surface area contributed by atoms with E-state index in [0.29, 0.717) is 42.1 Å². The molecule has 2 amide bonds. The summed E-state index contributed by atoms with van der Waals surface area (Å²) >= 11 is 0. The molecular weight excluding hydrogens is 425 g/mol. The molecule has 9 nitrogen and oxygen atoms in total. The van der Waals surface area contributed by atoms with Gasteiger partial charge in [0.05, 0.1) is 5.92 Å². The van der Waals surface area contributed by atoms with Gasteiger partial charge in [0.2, 0.25) is 11.8 Å². The standard InChI is InChI=1S/C23H24FN7O2/c1-15-28-20(13-21(29-15)30-19-4-2-3-9-25-19)26-10-11-27-23(33)16-12-22(32)31(14-16)18-7-5-17(24)6-8-18/h2-9,13,16H,10-12,14H2,1H3,(H,27,33)(H2,25,26,28,29,30). The first-order valence-electron chi connectivity index (χ1n) is 10.6. The Morgan fingerprint density at radius 3 is 2.64 bits per heavy atom. The van der Waals surface area contributed by atoms with Crippen LogP contribution in [0.3, 0.4) is 0 Å². The average molecular weight is 449 g/mol. The Morgan fingerprint density at radius 1 is 1.09 bits per heavy atom. The van der Waals surface area contributed by atoms with Crippen LogP contribution in [0, 0.1) is 18.7 Å². The summed E-state index contributed by atoms with van der Waals surface area (Å²) in [6, 6.07) is 13.0. The van der Waals surface area contributed by atoms with Gasteiger partial charge in [0, 0.05) is 44.0 Å². The quantitative estimate of drug-likeness (QED) is 0.453. The fraction of sp³-hybridized carbons (Fsp3) is 0.261. The van der Waals surface area contributed by atoms with Crippen molar-refractivity contribution in [2.24, 2.45) is 5.92 Å². The van der Waals surface area contributed by atoms with Crippen LogP contribution in [0.1, 0.15) is 12.2 Å². The fourth-order valence-corrected chi connectivity index (χ4v) is 3.56. The number of nitrogens with zero attached hydrogens (tertiary/aromatic N) is 4. The minimum absolute atomic E-state index is 0.129. The summed E-state index contributed by atoms with van der Waals surface area (Å²) in [5.41, 5.74) is 0.590. The first-order chi connectivity index (χ1) is 16.0. The molecule has 1 fully saturated rings. The van der Waals surface area contributed by atoms with E-state index in [9.17, 15) is 14.0 Å². The number of benzene rings is 1. The second kappa shape index (κ2) is 10.0. The Morgan fingerprint density at radius 2 is 1.88 bits per heavy atom. The lowest BCUT2D eigenvalue weighted by molar-refractivity contribution is -0.126. The molecule has 33 heavy (non-hydrogen) atoms. The van der Waals surface area contributed by atoms with Gasteiger partial charge in [0.15, 0.2) is 0 Å². The van der Waals surface area contributed by atoms with E-state index in [1.54, 1.807) is 19.2 Å². The van der Waals surface area contributed by atoms with Gasteiger partial charge in [-0.05, 0) is 43.3 Å². The van der Waals surface area contributed by atoms with E-state index in [1.165, 1.54) is 29.2 Å². The lowest BCUT2D eigenvalue weighted by atomic mass is 10.1. The van der Waals surface area contributed by atoms with E-state index < -0.39 is 5.92 Å². The third kappa shape index (κ3) is 5.79. The summed E-state index contributed by atoms with van der Waals surface area (Å²) in [6.07, 6.45) is 1.82. The van der Waals surface area contributed by atoms with Crippen molar-refractivity contribution in [2.45, 2.75) is 13.3 Å². The molecular formula is C23H24FN7O2. The van der Waals surface area contributed by atoms with Gasteiger partial charge in [0.1, 0.15) is 29.1 Å². The number of hydrogen-bond acceptors (Lipinski definition) is 7. The van der Waals surface area contributed by atoms with Gasteiger partial charge in [-0.1, -0.05) is 6.07 Å². The van der Waals surface area contributed by atoms with Crippen LogP contribution in [-0.2, 0) is 9.59 Å². The maximum atomic E-state index is 13.1. The number of carbonyl (C=O) groups excluding carboxylic acids is 2. The fourth-order valence-electron chi connectivity index (χ4n) is 3.56. The summed E-state index contributed by atoms with van der Waals surface area (Å²) < 4.78 is 13.1. The molecule has 3 heterocycles. The van der Waals surface area contributed by atoms with Crippen LogP contribution >= 0.6 is 0 Å². The Labute approximate surface area is 190 Å². The number of anilines is 4. The van der Waals surface area contributed by atoms with Crippen LogP contribution < -0.4 is 20.9 Å². The number of hydrogen-bond donors (Lipinski definition) is 3. The molecule has 10 heteroatoms. The van der Waals surface area contributed by atoms with Crippen LogP contribution in [0.4, 0.5) is 27.5 Å². The molecule has 0 bridgehead atoms. The van der Waals surface area contributed by atoms with Crippen LogP contribution in [-0.4, -0.2) is 46.4 Å². The predicted molar refractivity (Wildman–Crippen MR) is 123 cm³/mol. The van der Waals surface area contributed by atoms with Crippen molar-refractivity contribution >= 4 is 35.0 Å². The predicted octanol–water partition coefficient (Wildman–Crippen LogP) is 2.64. The van der Waals surface area contributed by atoms with Crippen molar-refractivity contribution < 1.29 is 14.0 Å². The normalized spacial score (nSPS) is 15.4. The molecule has 1 saturated heterocycles. The van der Waals surface area contributed by atoms with E-state index in [1.807, 2.05) is 18.2 Å². The molecule has 3 N–H and O–H groups in total. The maximum Gasteiger partial charge on any atom is 0.227 e. The van der Waals surface area contributed by atoms with Crippen molar-refractivity contribution in [1.82, 2.24) is 20.3 Å². The number of aryl methyl sites for hydroxylation is 1. The number of rotatable bonds is 8. The van der Waals surface area contributed by atoms with Crippen molar-refractivity contribution in [3.8, 4) is 0 Å². The van der Waals surface area contributed by atoms with Crippen LogP contribution in [0.5, 0.6) is 0 Å². The van der Waals surface area contributed by atoms with E-state index >= 15 is 0 Å². The first-order valence-corrected chi connectivity index (χ1v) is 10.6. The third-order valence-electron chi connectivity index (χ3n) is 5.12. The maximum absolute atomic E-state index is 13.1. The zero-order chi connectivity index (χ0) is 23.2. The Kier molecular flexibility index (Phi) is 6.72. The van der Waals surface area contributed by atoms with Crippen molar-refractivity contribution in [3.05, 3.63) is 66.4 Å². The van der Waals surface area contributed by atoms with E-state index in [-0.39, 0.29) is 30.6 Å². The van der Waals surface area contributed by atoms with Gasteiger partial charge < -0.3 is 20.9 Å². The SMILES string of the molecule is Cc1nc(NCCNC(=O)C2CC(=O)N(c3ccc(F)cc3)C2)cc(Nc2ccccn2)n1. The number of aromatic nitrogens is 3. The van der Waals surface area contributed by atoms with Crippen LogP contribution in [0.15, 0.2) is 54.7 Å². The first kappa shape index (κ1) is 22.1. The van der Waals surface area contributed by atoms with Gasteiger partial charge in [-0.15, -0.1) is 0 Å². The Hall–Kier alpha value is -4.08. The minimum atomic E-state index is -0.446. The second-order valence-electron chi connectivity index (χ2n) is 7.63. The summed E-state index contributed by atoms with van der Waals surface area (Å²) in [7, 11) is 0. The highest BCUT2D eigenvalue weighted by Crippen LogP contribution is 2.25. The highest BCUT2D eigenvalue weighted by atomic mass is 19.1. The van der Waals surface area contributed by atoms with Crippen molar-refractivity contribution in [2.75, 3.05) is 35.2 Å². The number of amides is 2. The summed E-state index contributed by atoms with van der Waals surface area (Å²) in [6.45, 7) is 2.89. The molecule has 1 aliphatic heterocycles. The number of pyridine rings is 1. The van der Waals surface area contributed by atoms with E-state index in [4.69, 9.17) is 0 Å². The topological polar surface area (TPSA) is 112 Å². The summed E-state index contributed by atoms with van der Waals surface area (Å²) in [5.74, 6) is 1.34. The van der Waals surface area contributed by atoms with E-state index in [2.05, 4.69) is 30.9 Å². The van der Waals surface area contributed by atoms with Crippen molar-refractivity contribution in [3.63, 3.8) is 0 Å². The Balaban J connectivity index is 1.26. The van der Waals surface area contributed by atoms with Gasteiger partial charge in [-0.25, -0.2) is 19.3 Å². The molecule has 0 saturated carbocycles. The minimum Gasteiger partial charge on any atom is -0.368 e. The monoisotopic (exact) mass is 449 g/mol. The number of halogens is 1. The molecule has 4 rings (SSSR count). The highest BCUT2D eigenvalue weighted by molar-refractivity contribution is 6.00. The summed E-state index contributed by atoms with van der Waals surface area (Å²) in [5, 5.41) is 9.15. The number of nitrogens with one attached hydrogen (secondary N) is 3. The molecule has 0 spiro atoms. The molecule has 3 aromatic rings. The molecule has 170 valence electrons. The van der Waals surface area contributed by atoms with Crippen LogP contribution in [0.25, 0.3) is 0 Å². The zero-order valence-electron chi connectivity index (χ0n) is 18.1. The molecule has 2 aromatic heterocycles. The summed E-state index contributed by atoms with van der Waals surface area (Å²) in [4.78, 5) is 39.3. The van der Waals surface area contributed by atoms with Gasteiger partial charge in [0.25, 0.3) is 0 Å². The number of carbonyl (C=O) groups is 2. The second-order valence-corrected chi connectivity index (χ2v) is 7.63. The molecule has 1 aromatic carbocycles. The lowest BCUT2D eigenvalue weighted by Crippen LogP contribution is -2.35. The van der Waals surface area contributed by atoms with E-state index in [0.717, 1.165) is 0 Å². The van der Waals surface area contributed by atoms with Crippen LogP contribution in [0.2, 0.25) is 0 Å². The molecule has 1 unspecified atom stereocenters. The molecule has 0 aliphatic carbocycles. The largest absolute Gasteiger partial charge is 0.368 e. The van der Waals surface area contributed by atoms with Crippen molar-refractivity contribution in [1.29, 1.82) is 0 Å². The molecule has 1 atom stereocenters. The smallest absolute Gasteiger partial charge is 0.227 e. The van der Waals surface area contributed by atoms with Gasteiger partial charge in [-0.2, -0.15) is 0 Å². The molecule has 0 radical (unpaired) electrons. The molecule has 1 aliphatic rings. The third-order valence-corrected chi connectivity index (χ3v) is 5.12. The average Bonchev–Trinajstić information content (AvgIpc) is 3.19. The van der Waals surface area contributed by atoms with Gasteiger partial charge >= 0.3 is 0 Å². The zero-order valence-corrected chi connectivity index (χ0v) is 18.1. The van der Waals surface area contributed by atoms with Gasteiger partial charge in [-0.3, -0.25) is 9.59 Å². The Bertz CT molecular complexity index is 1130. The highest BCUT2D eigenvalue weighted by Gasteiger charge is 2.34.